The first kappa shape index (κ1) is 23.5. The summed E-state index contributed by atoms with van der Waals surface area (Å²) in [6, 6.07) is 8.93. The second-order valence-electron chi connectivity index (χ2n) is 7.47. The average Bonchev–Trinajstić information content (AvgIpc) is 2.62. The van der Waals surface area contributed by atoms with Crippen LogP contribution in [0.2, 0.25) is 0 Å². The molecule has 0 radical (unpaired) electrons. The van der Waals surface area contributed by atoms with Gasteiger partial charge in [-0.1, -0.05) is 89.2 Å². The highest BCUT2D eigenvalue weighted by atomic mass is 127. The zero-order valence-corrected chi connectivity index (χ0v) is 18.5. The molecule has 0 atom stereocenters. The second kappa shape index (κ2) is 16.6. The molecule has 0 unspecified atom stereocenters. The van der Waals surface area contributed by atoms with Crippen LogP contribution in [-0.4, -0.2) is 11.1 Å². The summed E-state index contributed by atoms with van der Waals surface area (Å²) in [7, 11) is 0. The quantitative estimate of drug-likeness (QED) is 0.186. The van der Waals surface area contributed by atoms with Gasteiger partial charge in [0.25, 0.3) is 0 Å². The molecule has 1 aromatic rings. The molecule has 1 rings (SSSR count). The number of unbranched alkanes of at least 4 members (excludes halogenated alkanes) is 13. The summed E-state index contributed by atoms with van der Waals surface area (Å²) in [4.78, 5) is 10.4. The lowest BCUT2D eigenvalue weighted by molar-refractivity contribution is -0.137. The van der Waals surface area contributed by atoms with Gasteiger partial charge in [0.15, 0.2) is 0 Å². The number of rotatable bonds is 17. The molecule has 0 fully saturated rings. The van der Waals surface area contributed by atoms with Gasteiger partial charge in [-0.3, -0.25) is 4.79 Å². The Bertz CT molecular complexity index is 456. The summed E-state index contributed by atoms with van der Waals surface area (Å²) in [6.45, 7) is 0. The minimum absolute atomic E-state index is 0.339. The third-order valence-corrected chi connectivity index (χ3v) is 5.74. The number of carbonyl (C=O) groups is 1. The molecular formula is C23H37IO2. The van der Waals surface area contributed by atoms with Gasteiger partial charge in [-0.05, 0) is 59.5 Å². The summed E-state index contributed by atoms with van der Waals surface area (Å²) >= 11 is 2.36. The summed E-state index contributed by atoms with van der Waals surface area (Å²) in [5, 5.41) is 8.57. The third kappa shape index (κ3) is 14.6. The van der Waals surface area contributed by atoms with Gasteiger partial charge in [0.05, 0.1) is 0 Å². The topological polar surface area (TPSA) is 37.3 Å². The molecule has 0 spiro atoms. The Morgan fingerprint density at radius 2 is 1.04 bits per heavy atom. The van der Waals surface area contributed by atoms with Crippen LogP contribution in [0.1, 0.15) is 102 Å². The summed E-state index contributed by atoms with van der Waals surface area (Å²) < 4.78 is 1.32. The molecule has 0 bridgehead atoms. The molecule has 2 nitrogen and oxygen atoms in total. The molecule has 0 aromatic heterocycles. The lowest BCUT2D eigenvalue weighted by Crippen LogP contribution is -1.93. The van der Waals surface area contributed by atoms with Crippen LogP contribution < -0.4 is 0 Å². The molecule has 1 aromatic carbocycles. The van der Waals surface area contributed by atoms with E-state index in [9.17, 15) is 4.79 Å². The first-order valence-corrected chi connectivity index (χ1v) is 11.7. The van der Waals surface area contributed by atoms with E-state index in [0.717, 1.165) is 12.8 Å². The van der Waals surface area contributed by atoms with Crippen molar-refractivity contribution < 1.29 is 9.90 Å². The first-order valence-electron chi connectivity index (χ1n) is 10.6. The van der Waals surface area contributed by atoms with E-state index in [-0.39, 0.29) is 0 Å². The standard InChI is InChI=1S/C23H37IO2/c24-22-19-17-21(18-20-22)15-13-11-9-7-5-3-1-2-4-6-8-10-12-14-16-23(25)26/h17-20H,1-16H2,(H,25,26). The van der Waals surface area contributed by atoms with Crippen LogP contribution in [0.3, 0.4) is 0 Å². The Hall–Kier alpha value is -0.580. The number of aliphatic carboxylic acids is 1. The van der Waals surface area contributed by atoms with E-state index in [1.807, 2.05) is 0 Å². The average molecular weight is 472 g/mol. The van der Waals surface area contributed by atoms with Crippen LogP contribution in [0.25, 0.3) is 0 Å². The maximum Gasteiger partial charge on any atom is 0.303 e. The van der Waals surface area contributed by atoms with E-state index in [4.69, 9.17) is 5.11 Å². The van der Waals surface area contributed by atoms with Gasteiger partial charge in [-0.25, -0.2) is 0 Å². The first-order chi connectivity index (χ1) is 12.7. The predicted molar refractivity (Wildman–Crippen MR) is 120 cm³/mol. The van der Waals surface area contributed by atoms with Crippen LogP contribution in [0.5, 0.6) is 0 Å². The van der Waals surface area contributed by atoms with Crippen LogP contribution in [-0.2, 0) is 11.2 Å². The fourth-order valence-electron chi connectivity index (χ4n) is 3.38. The molecule has 0 saturated carbocycles. The number of carboxylic acids is 1. The molecule has 1 N–H and O–H groups in total. The van der Waals surface area contributed by atoms with E-state index in [0.29, 0.717) is 6.42 Å². The highest BCUT2D eigenvalue weighted by Crippen LogP contribution is 2.15. The largest absolute Gasteiger partial charge is 0.481 e. The number of benzene rings is 1. The maximum atomic E-state index is 10.4. The Morgan fingerprint density at radius 3 is 1.46 bits per heavy atom. The number of carboxylic acid groups (broad SMARTS) is 1. The summed E-state index contributed by atoms with van der Waals surface area (Å²) in [5.41, 5.74) is 1.48. The van der Waals surface area contributed by atoms with E-state index < -0.39 is 5.97 Å². The summed E-state index contributed by atoms with van der Waals surface area (Å²) in [6.07, 6.45) is 19.7. The second-order valence-corrected chi connectivity index (χ2v) is 8.72. The van der Waals surface area contributed by atoms with E-state index in [1.54, 1.807) is 0 Å². The van der Waals surface area contributed by atoms with Crippen molar-refractivity contribution in [1.82, 2.24) is 0 Å². The van der Waals surface area contributed by atoms with E-state index in [2.05, 4.69) is 46.9 Å². The van der Waals surface area contributed by atoms with Crippen molar-refractivity contribution in [3.05, 3.63) is 33.4 Å². The normalized spacial score (nSPS) is 11.0. The third-order valence-electron chi connectivity index (χ3n) is 5.02. The molecule has 0 aliphatic heterocycles. The number of hydrogen-bond acceptors (Lipinski definition) is 1. The van der Waals surface area contributed by atoms with Crippen molar-refractivity contribution in [3.63, 3.8) is 0 Å². The van der Waals surface area contributed by atoms with Crippen molar-refractivity contribution in [3.8, 4) is 0 Å². The minimum Gasteiger partial charge on any atom is -0.481 e. The van der Waals surface area contributed by atoms with Gasteiger partial charge >= 0.3 is 5.97 Å². The Labute approximate surface area is 174 Å². The van der Waals surface area contributed by atoms with E-state index in [1.165, 1.54) is 92.6 Å². The number of aryl methyl sites for hydroxylation is 1. The zero-order valence-electron chi connectivity index (χ0n) is 16.4. The minimum atomic E-state index is -0.656. The fourth-order valence-corrected chi connectivity index (χ4v) is 3.74. The molecular weight excluding hydrogens is 435 g/mol. The van der Waals surface area contributed by atoms with Crippen molar-refractivity contribution in [2.24, 2.45) is 0 Å². The number of halogens is 1. The van der Waals surface area contributed by atoms with Gasteiger partial charge < -0.3 is 5.11 Å². The fraction of sp³-hybridized carbons (Fsp3) is 0.696. The van der Waals surface area contributed by atoms with Crippen LogP contribution >= 0.6 is 22.6 Å². The lowest BCUT2D eigenvalue weighted by atomic mass is 10.0. The van der Waals surface area contributed by atoms with Gasteiger partial charge in [-0.2, -0.15) is 0 Å². The highest BCUT2D eigenvalue weighted by Gasteiger charge is 1.97. The van der Waals surface area contributed by atoms with Crippen molar-refractivity contribution in [2.45, 2.75) is 103 Å². The van der Waals surface area contributed by atoms with E-state index >= 15 is 0 Å². The smallest absolute Gasteiger partial charge is 0.303 e. The van der Waals surface area contributed by atoms with Gasteiger partial charge in [-0.15, -0.1) is 0 Å². The number of hydrogen-bond donors (Lipinski definition) is 1. The van der Waals surface area contributed by atoms with Crippen LogP contribution in [0.4, 0.5) is 0 Å². The van der Waals surface area contributed by atoms with Crippen LogP contribution in [0, 0.1) is 3.57 Å². The molecule has 0 amide bonds. The molecule has 148 valence electrons. The SMILES string of the molecule is O=C(O)CCCCCCCCCCCCCCCCc1ccc(I)cc1. The Balaban J connectivity index is 1.74. The molecule has 0 heterocycles. The molecule has 0 saturated heterocycles. The molecule has 0 aliphatic rings. The van der Waals surface area contributed by atoms with Crippen LogP contribution in [0.15, 0.2) is 24.3 Å². The summed E-state index contributed by atoms with van der Waals surface area (Å²) in [5.74, 6) is -0.656. The van der Waals surface area contributed by atoms with Crippen molar-refractivity contribution in [2.75, 3.05) is 0 Å². The van der Waals surface area contributed by atoms with Gasteiger partial charge in [0.2, 0.25) is 0 Å². The van der Waals surface area contributed by atoms with Gasteiger partial charge in [0, 0.05) is 9.99 Å². The van der Waals surface area contributed by atoms with Gasteiger partial charge in [0.1, 0.15) is 0 Å². The monoisotopic (exact) mass is 472 g/mol. The van der Waals surface area contributed by atoms with Crippen molar-refractivity contribution >= 4 is 28.6 Å². The highest BCUT2D eigenvalue weighted by molar-refractivity contribution is 14.1. The van der Waals surface area contributed by atoms with Crippen molar-refractivity contribution in [1.29, 1.82) is 0 Å². The molecule has 3 heteroatoms. The lowest BCUT2D eigenvalue weighted by Gasteiger charge is -2.04. The Morgan fingerprint density at radius 1 is 0.654 bits per heavy atom. The molecule has 0 aliphatic carbocycles. The maximum absolute atomic E-state index is 10.4. The zero-order chi connectivity index (χ0) is 18.9. The predicted octanol–water partition coefficient (Wildman–Crippen LogP) is 7.77. The molecule has 26 heavy (non-hydrogen) atoms. The Kier molecular flexibility index (Phi) is 15.0.